The van der Waals surface area contributed by atoms with E-state index >= 15 is 0 Å². The van der Waals surface area contributed by atoms with Crippen LogP contribution in [0.5, 0.6) is 0 Å². The summed E-state index contributed by atoms with van der Waals surface area (Å²) in [5.74, 6) is -0.650. The van der Waals surface area contributed by atoms with Gasteiger partial charge in [-0.3, -0.25) is 4.79 Å². The van der Waals surface area contributed by atoms with E-state index in [2.05, 4.69) is 10.6 Å². The second-order valence-corrected chi connectivity index (χ2v) is 5.56. The molecule has 1 fully saturated rings. The highest BCUT2D eigenvalue weighted by molar-refractivity contribution is 5.99. The summed E-state index contributed by atoms with van der Waals surface area (Å²) in [6, 6.07) is 5.04. The molecule has 2 atom stereocenters. The molecule has 25 heavy (non-hydrogen) atoms. The first-order valence-corrected chi connectivity index (χ1v) is 8.30. The minimum atomic E-state index is -0.515. The van der Waals surface area contributed by atoms with Crippen LogP contribution in [-0.4, -0.2) is 43.8 Å². The molecule has 0 spiro atoms. The first-order valence-electron chi connectivity index (χ1n) is 8.30. The molecule has 0 bridgehead atoms. The molecular weight excluding hydrogens is 346 g/mol. The Hall–Kier alpha value is -1.83. The quantitative estimate of drug-likeness (QED) is 0.635. The smallest absolute Gasteiger partial charge is 0.338 e. The Morgan fingerprint density at radius 1 is 1.28 bits per heavy atom. The summed E-state index contributed by atoms with van der Waals surface area (Å²) in [7, 11) is 0. The first kappa shape index (κ1) is 21.2. The average molecular weight is 372 g/mol. The fraction of sp³-hybridized carbons (Fsp3) is 0.529. The van der Waals surface area contributed by atoms with Crippen LogP contribution < -0.4 is 16.4 Å². The van der Waals surface area contributed by atoms with Gasteiger partial charge in [-0.25, -0.2) is 4.79 Å². The highest BCUT2D eigenvalue weighted by Gasteiger charge is 2.30. The van der Waals surface area contributed by atoms with Gasteiger partial charge in [0.15, 0.2) is 0 Å². The zero-order valence-electron chi connectivity index (χ0n) is 14.5. The van der Waals surface area contributed by atoms with E-state index in [1.54, 1.807) is 25.1 Å². The van der Waals surface area contributed by atoms with Gasteiger partial charge >= 0.3 is 5.97 Å². The molecule has 0 aromatic heterocycles. The van der Waals surface area contributed by atoms with Crippen molar-refractivity contribution in [3.63, 3.8) is 0 Å². The summed E-state index contributed by atoms with van der Waals surface area (Å²) in [5.41, 5.74) is 7.24. The lowest BCUT2D eigenvalue weighted by atomic mass is 10.1. The van der Waals surface area contributed by atoms with Gasteiger partial charge in [-0.05, 0) is 44.9 Å². The van der Waals surface area contributed by atoms with Crippen LogP contribution in [0.3, 0.4) is 0 Å². The van der Waals surface area contributed by atoms with Crippen molar-refractivity contribution in [2.45, 2.75) is 38.9 Å². The molecular formula is C17H26ClN3O4. The normalized spacial score (nSPS) is 19.0. The van der Waals surface area contributed by atoms with Crippen LogP contribution in [0.15, 0.2) is 18.2 Å². The maximum absolute atomic E-state index is 12.4. The van der Waals surface area contributed by atoms with E-state index in [1.165, 1.54) is 0 Å². The van der Waals surface area contributed by atoms with Crippen LogP contribution in [-0.2, 0) is 14.3 Å². The Morgan fingerprint density at radius 3 is 2.64 bits per heavy atom. The van der Waals surface area contributed by atoms with E-state index in [1.807, 2.05) is 6.92 Å². The van der Waals surface area contributed by atoms with Gasteiger partial charge in [-0.15, -0.1) is 12.4 Å². The number of benzene rings is 1. The van der Waals surface area contributed by atoms with Crippen LogP contribution >= 0.6 is 12.4 Å². The molecule has 2 rings (SSSR count). The Kier molecular flexibility index (Phi) is 8.68. The molecule has 0 radical (unpaired) electrons. The molecule has 1 aromatic rings. The summed E-state index contributed by atoms with van der Waals surface area (Å²) in [5, 5.41) is 6.01. The molecule has 1 aliphatic heterocycles. The zero-order chi connectivity index (χ0) is 17.5. The lowest BCUT2D eigenvalue weighted by Crippen LogP contribution is -2.30. The molecule has 1 heterocycles. The van der Waals surface area contributed by atoms with Crippen LogP contribution in [0.25, 0.3) is 0 Å². The van der Waals surface area contributed by atoms with Crippen molar-refractivity contribution in [2.24, 2.45) is 5.73 Å². The summed E-state index contributed by atoms with van der Waals surface area (Å²) in [4.78, 5) is 24.3. The Morgan fingerprint density at radius 2 is 2.04 bits per heavy atom. The lowest BCUT2D eigenvalue weighted by Gasteiger charge is -2.16. The van der Waals surface area contributed by atoms with Gasteiger partial charge < -0.3 is 25.8 Å². The van der Waals surface area contributed by atoms with Crippen molar-refractivity contribution in [1.82, 2.24) is 0 Å². The highest BCUT2D eigenvalue weighted by Crippen LogP contribution is 2.26. The topological polar surface area (TPSA) is 103 Å². The number of nitrogens with two attached hydrogens (primary N) is 1. The minimum absolute atomic E-state index is 0. The monoisotopic (exact) mass is 371 g/mol. The molecule has 140 valence electrons. The van der Waals surface area contributed by atoms with Gasteiger partial charge in [0.25, 0.3) is 5.91 Å². The van der Waals surface area contributed by atoms with Crippen molar-refractivity contribution in [3.8, 4) is 0 Å². The third-order valence-corrected chi connectivity index (χ3v) is 3.82. The fourth-order valence-corrected chi connectivity index (χ4v) is 2.62. The van der Waals surface area contributed by atoms with Crippen molar-refractivity contribution in [2.75, 3.05) is 30.3 Å². The second-order valence-electron chi connectivity index (χ2n) is 5.56. The molecule has 4 N–H and O–H groups in total. The summed E-state index contributed by atoms with van der Waals surface area (Å²) >= 11 is 0. The minimum Gasteiger partial charge on any atom is -0.462 e. The van der Waals surface area contributed by atoms with E-state index in [-0.39, 0.29) is 24.4 Å². The average Bonchev–Trinajstić information content (AvgIpc) is 3.06. The third kappa shape index (κ3) is 5.59. The van der Waals surface area contributed by atoms with E-state index < -0.39 is 12.1 Å². The molecule has 0 saturated carbocycles. The fourth-order valence-electron chi connectivity index (χ4n) is 2.62. The number of hydrogen-bond donors (Lipinski definition) is 3. The second kappa shape index (κ2) is 10.2. The number of esters is 1. The molecule has 1 saturated heterocycles. The van der Waals surface area contributed by atoms with Crippen LogP contribution in [0.1, 0.15) is 37.0 Å². The molecule has 8 heteroatoms. The number of halogens is 1. The Labute approximate surface area is 154 Å². The number of carbonyl (C=O) groups excluding carboxylic acids is 2. The largest absolute Gasteiger partial charge is 0.462 e. The van der Waals surface area contributed by atoms with Crippen molar-refractivity contribution in [1.29, 1.82) is 0 Å². The number of ether oxygens (including phenoxy) is 2. The van der Waals surface area contributed by atoms with Crippen molar-refractivity contribution in [3.05, 3.63) is 23.8 Å². The molecule has 1 aromatic carbocycles. The van der Waals surface area contributed by atoms with Crippen molar-refractivity contribution < 1.29 is 19.1 Å². The predicted octanol–water partition coefficient (Wildman–Crippen LogP) is 2.16. The van der Waals surface area contributed by atoms with Crippen LogP contribution in [0.2, 0.25) is 0 Å². The third-order valence-electron chi connectivity index (χ3n) is 3.82. The summed E-state index contributed by atoms with van der Waals surface area (Å²) in [6.07, 6.45) is 0.832. The number of carbonyl (C=O) groups is 2. The van der Waals surface area contributed by atoms with Gasteiger partial charge in [-0.2, -0.15) is 0 Å². The van der Waals surface area contributed by atoms with Gasteiger partial charge in [0.1, 0.15) is 6.10 Å². The van der Waals surface area contributed by atoms with Crippen LogP contribution in [0, 0.1) is 0 Å². The Balaban J connectivity index is 0.00000312. The van der Waals surface area contributed by atoms with Crippen molar-refractivity contribution >= 4 is 35.7 Å². The maximum atomic E-state index is 12.4. The number of nitrogens with one attached hydrogen (secondary N) is 2. The molecule has 7 nitrogen and oxygen atoms in total. The number of amides is 1. The van der Waals surface area contributed by atoms with Gasteiger partial charge in [0.2, 0.25) is 0 Å². The summed E-state index contributed by atoms with van der Waals surface area (Å²) in [6.45, 7) is 5.10. The number of hydrogen-bond acceptors (Lipinski definition) is 6. The van der Waals surface area contributed by atoms with Gasteiger partial charge in [-0.1, -0.05) is 0 Å². The van der Waals surface area contributed by atoms with E-state index in [0.717, 1.165) is 12.1 Å². The Bertz CT molecular complexity index is 597. The van der Waals surface area contributed by atoms with Gasteiger partial charge in [0, 0.05) is 13.1 Å². The van der Waals surface area contributed by atoms with Gasteiger partial charge in [0.05, 0.1) is 29.6 Å². The van der Waals surface area contributed by atoms with E-state index in [0.29, 0.717) is 37.4 Å². The molecule has 0 aliphatic carbocycles. The van der Waals surface area contributed by atoms with E-state index in [9.17, 15) is 9.59 Å². The van der Waals surface area contributed by atoms with E-state index in [4.69, 9.17) is 15.2 Å². The maximum Gasteiger partial charge on any atom is 0.338 e. The summed E-state index contributed by atoms with van der Waals surface area (Å²) < 4.78 is 10.6. The standard InChI is InChI=1S/C17H25N3O4.ClH/c1-3-19-13-7-5-11(17(22)23-4-2)9-14(13)20-16(21)15-8-6-12(10-18)24-15;/h5,7,9,12,15,19H,3-4,6,8,10,18H2,1-2H3,(H,20,21);1H/t12-,15+;/m1./s1. The first-order chi connectivity index (χ1) is 11.6. The number of anilines is 2. The highest BCUT2D eigenvalue weighted by atomic mass is 35.5. The number of rotatable bonds is 7. The molecule has 0 unspecified atom stereocenters. The molecule has 1 amide bonds. The predicted molar refractivity (Wildman–Crippen MR) is 99.4 cm³/mol. The SMILES string of the molecule is CCNc1ccc(C(=O)OCC)cc1NC(=O)[C@@H]1CC[C@H](CN)O1.Cl. The lowest BCUT2D eigenvalue weighted by molar-refractivity contribution is -0.126. The van der Waals surface area contributed by atoms with Crippen LogP contribution in [0.4, 0.5) is 11.4 Å². The zero-order valence-corrected chi connectivity index (χ0v) is 15.4. The molecule has 1 aliphatic rings.